The number of nitrogens with zero attached hydrogens (tertiary/aromatic N) is 1. The number of allylic oxidation sites excluding steroid dienone is 2. The number of halogens is 4. The highest BCUT2D eigenvalue weighted by molar-refractivity contribution is 7.80. The van der Waals surface area contributed by atoms with Gasteiger partial charge in [-0.3, -0.25) is 0 Å². The maximum atomic E-state index is 13.7. The molecular weight excluding hydrogens is 330 g/mol. The summed E-state index contributed by atoms with van der Waals surface area (Å²) in [5, 5.41) is 1.64. The minimum Gasteiger partial charge on any atom is -0.376 e. The van der Waals surface area contributed by atoms with Crippen LogP contribution in [0.25, 0.3) is 0 Å². The molecule has 8 heteroatoms. The molecule has 0 fully saturated rings. The van der Waals surface area contributed by atoms with Crippen molar-refractivity contribution >= 4 is 17.3 Å². The Labute approximate surface area is 136 Å². The summed E-state index contributed by atoms with van der Waals surface area (Å²) in [5.74, 6) is -0.455. The van der Waals surface area contributed by atoms with Gasteiger partial charge in [-0.1, -0.05) is 24.3 Å². The molecule has 2 rings (SSSR count). The molecule has 3 nitrogen and oxygen atoms in total. The quantitative estimate of drug-likeness (QED) is 0.650. The molecule has 1 aliphatic rings. The zero-order valence-electron chi connectivity index (χ0n) is 12.0. The van der Waals surface area contributed by atoms with Crippen molar-refractivity contribution < 1.29 is 17.6 Å². The van der Waals surface area contributed by atoms with Gasteiger partial charge in [-0.2, -0.15) is 13.2 Å². The van der Waals surface area contributed by atoms with E-state index < -0.39 is 22.8 Å². The van der Waals surface area contributed by atoms with E-state index in [1.54, 1.807) is 6.07 Å². The Bertz CT molecular complexity index is 642. The lowest BCUT2D eigenvalue weighted by Gasteiger charge is -2.44. The Morgan fingerprint density at radius 2 is 1.96 bits per heavy atom. The Morgan fingerprint density at radius 1 is 1.26 bits per heavy atom. The topological polar surface area (TPSA) is 41.3 Å². The fourth-order valence-electron chi connectivity index (χ4n) is 2.38. The first-order valence-electron chi connectivity index (χ1n) is 6.77. The van der Waals surface area contributed by atoms with Crippen molar-refractivity contribution in [1.29, 1.82) is 0 Å². The van der Waals surface area contributed by atoms with E-state index in [0.29, 0.717) is 5.56 Å². The number of alkyl halides is 3. The van der Waals surface area contributed by atoms with Crippen molar-refractivity contribution in [3.05, 3.63) is 60.1 Å². The zero-order valence-corrected chi connectivity index (χ0v) is 12.8. The fraction of sp³-hybridized carbons (Fsp3) is 0.267. The van der Waals surface area contributed by atoms with E-state index in [1.807, 2.05) is 0 Å². The minimum atomic E-state index is -4.67. The van der Waals surface area contributed by atoms with Crippen LogP contribution in [0.1, 0.15) is 5.56 Å². The molecule has 0 amide bonds. The van der Waals surface area contributed by atoms with Crippen LogP contribution in [0.4, 0.5) is 17.6 Å². The van der Waals surface area contributed by atoms with Gasteiger partial charge in [-0.15, -0.1) is 0 Å². The highest BCUT2D eigenvalue weighted by Crippen LogP contribution is 2.36. The van der Waals surface area contributed by atoms with Gasteiger partial charge >= 0.3 is 6.18 Å². The van der Waals surface area contributed by atoms with Gasteiger partial charge in [0.1, 0.15) is 5.82 Å². The molecule has 0 saturated carbocycles. The third-order valence-corrected chi connectivity index (χ3v) is 3.60. The van der Waals surface area contributed by atoms with Gasteiger partial charge in [0.15, 0.2) is 5.11 Å². The second-order valence-electron chi connectivity index (χ2n) is 4.99. The van der Waals surface area contributed by atoms with Crippen LogP contribution in [-0.2, 0) is 6.42 Å². The summed E-state index contributed by atoms with van der Waals surface area (Å²) in [5.41, 5.74) is 3.07. The number of nitrogens with one attached hydrogen (secondary N) is 1. The van der Waals surface area contributed by atoms with E-state index in [2.05, 4.69) is 17.5 Å². The predicted molar refractivity (Wildman–Crippen MR) is 83.8 cm³/mol. The fourth-order valence-corrected chi connectivity index (χ4v) is 2.54. The Kier molecular flexibility index (Phi) is 4.93. The average Bonchev–Trinajstić information content (AvgIpc) is 2.46. The first-order chi connectivity index (χ1) is 10.8. The summed E-state index contributed by atoms with van der Waals surface area (Å²) >= 11 is 4.59. The molecule has 1 unspecified atom stereocenters. The van der Waals surface area contributed by atoms with Gasteiger partial charge in [0.25, 0.3) is 0 Å². The van der Waals surface area contributed by atoms with E-state index in [1.165, 1.54) is 36.6 Å². The van der Waals surface area contributed by atoms with E-state index in [4.69, 9.17) is 5.73 Å². The predicted octanol–water partition coefficient (Wildman–Crippen LogP) is 2.85. The van der Waals surface area contributed by atoms with E-state index >= 15 is 0 Å². The number of hydrogen-bond acceptors (Lipinski definition) is 2. The van der Waals surface area contributed by atoms with Gasteiger partial charge < -0.3 is 16.0 Å². The van der Waals surface area contributed by atoms with Crippen molar-refractivity contribution in [3.63, 3.8) is 0 Å². The van der Waals surface area contributed by atoms with Gasteiger partial charge in [-0.05, 0) is 42.4 Å². The molecule has 0 saturated heterocycles. The summed E-state index contributed by atoms with van der Waals surface area (Å²) in [6, 6.07) is 5.96. The lowest BCUT2D eigenvalue weighted by atomic mass is 10.0. The van der Waals surface area contributed by atoms with E-state index in [0.717, 1.165) is 11.0 Å². The van der Waals surface area contributed by atoms with Crippen molar-refractivity contribution in [3.8, 4) is 0 Å². The van der Waals surface area contributed by atoms with Gasteiger partial charge in [0.05, 0.1) is 0 Å². The van der Waals surface area contributed by atoms with Crippen LogP contribution in [0.3, 0.4) is 0 Å². The molecule has 0 aliphatic carbocycles. The second-order valence-corrected chi connectivity index (χ2v) is 5.43. The van der Waals surface area contributed by atoms with E-state index in [-0.39, 0.29) is 13.0 Å². The smallest absolute Gasteiger partial charge is 0.376 e. The zero-order chi connectivity index (χ0) is 17.1. The lowest BCUT2D eigenvalue weighted by molar-refractivity contribution is -0.213. The van der Waals surface area contributed by atoms with Crippen molar-refractivity contribution in [2.45, 2.75) is 18.3 Å². The third-order valence-electron chi connectivity index (χ3n) is 3.49. The summed E-state index contributed by atoms with van der Waals surface area (Å²) in [4.78, 5) is 1.01. The standard InChI is InChI=1S/C15H15F4N3S/c16-12-6-2-1-5-11(12)7-10-22-9-4-3-8-14(22,15(17,18)19)21-13(20)23/h1-6,8-9H,7,10H2,(H3,20,21,23). The molecule has 0 aromatic heterocycles. The van der Waals surface area contributed by atoms with Crippen LogP contribution >= 0.6 is 12.2 Å². The molecule has 0 spiro atoms. The van der Waals surface area contributed by atoms with E-state index in [9.17, 15) is 17.6 Å². The summed E-state index contributed by atoms with van der Waals surface area (Å²) in [7, 11) is 0. The Morgan fingerprint density at radius 3 is 2.57 bits per heavy atom. The molecule has 0 bridgehead atoms. The van der Waals surface area contributed by atoms with Crippen LogP contribution in [0, 0.1) is 5.82 Å². The van der Waals surface area contributed by atoms with Crippen molar-refractivity contribution in [2.75, 3.05) is 6.54 Å². The van der Waals surface area contributed by atoms with Crippen molar-refractivity contribution in [2.24, 2.45) is 5.73 Å². The molecule has 23 heavy (non-hydrogen) atoms. The van der Waals surface area contributed by atoms with Crippen molar-refractivity contribution in [1.82, 2.24) is 10.2 Å². The lowest BCUT2D eigenvalue weighted by Crippen LogP contribution is -2.68. The first kappa shape index (κ1) is 17.3. The molecular formula is C15H15F4N3S. The van der Waals surface area contributed by atoms with Gasteiger partial charge in [0.2, 0.25) is 5.66 Å². The van der Waals surface area contributed by atoms with Crippen LogP contribution in [-0.4, -0.2) is 28.4 Å². The molecule has 1 aromatic carbocycles. The molecule has 1 heterocycles. The van der Waals surface area contributed by atoms with Crippen LogP contribution in [0.5, 0.6) is 0 Å². The number of nitrogens with two attached hydrogens (primary N) is 1. The second kappa shape index (κ2) is 6.57. The number of benzene rings is 1. The number of rotatable bonds is 4. The SMILES string of the molecule is NC(=S)NC1(C(F)(F)F)C=CC=CN1CCc1ccccc1F. The number of hydrogen-bond donors (Lipinski definition) is 2. The molecule has 1 aliphatic heterocycles. The largest absolute Gasteiger partial charge is 0.434 e. The molecule has 3 N–H and O–H groups in total. The summed E-state index contributed by atoms with van der Waals surface area (Å²) in [6.07, 6.45) is 0.368. The maximum Gasteiger partial charge on any atom is 0.434 e. The van der Waals surface area contributed by atoms with Crippen LogP contribution in [0.15, 0.2) is 48.7 Å². The summed E-state index contributed by atoms with van der Waals surface area (Å²) in [6.45, 7) is -0.0725. The molecule has 1 atom stereocenters. The third kappa shape index (κ3) is 3.64. The monoisotopic (exact) mass is 345 g/mol. The van der Waals surface area contributed by atoms with Crippen LogP contribution < -0.4 is 11.1 Å². The van der Waals surface area contributed by atoms with Gasteiger partial charge in [0, 0.05) is 12.7 Å². The van der Waals surface area contributed by atoms with Gasteiger partial charge in [-0.25, -0.2) is 4.39 Å². The highest BCUT2D eigenvalue weighted by atomic mass is 32.1. The Balaban J connectivity index is 2.27. The molecule has 1 aromatic rings. The summed E-state index contributed by atoms with van der Waals surface area (Å²) < 4.78 is 54.6. The Hall–Kier alpha value is -2.09. The maximum absolute atomic E-state index is 13.7. The molecule has 0 radical (unpaired) electrons. The molecule has 124 valence electrons. The average molecular weight is 345 g/mol. The minimum absolute atomic E-state index is 0.0725. The normalized spacial score (nSPS) is 20.6. The number of thiocarbonyl (C=S) groups is 1. The highest BCUT2D eigenvalue weighted by Gasteiger charge is 2.57. The first-order valence-corrected chi connectivity index (χ1v) is 7.17. The van der Waals surface area contributed by atoms with Crippen LogP contribution in [0.2, 0.25) is 0 Å².